The molecule has 2 saturated carbocycles. The van der Waals surface area contributed by atoms with Gasteiger partial charge in [0, 0.05) is 0 Å². The van der Waals surface area contributed by atoms with Crippen LogP contribution in [0.3, 0.4) is 0 Å². The van der Waals surface area contributed by atoms with Gasteiger partial charge in [-0.15, -0.1) is 17.9 Å². The van der Waals surface area contributed by atoms with Gasteiger partial charge in [0.25, 0.3) is 0 Å². The van der Waals surface area contributed by atoms with Gasteiger partial charge in [-0.25, -0.2) is 0 Å². The molecule has 4 heteroatoms. The fourth-order valence-electron chi connectivity index (χ4n) is 3.58. The van der Waals surface area contributed by atoms with Crippen LogP contribution < -0.4 is 0 Å². The average molecular weight is 266 g/mol. The van der Waals surface area contributed by atoms with E-state index in [0.717, 1.165) is 24.9 Å². The molecule has 0 aliphatic heterocycles. The SMILES string of the molecule is C[C@H]1[C@@H](P(P)PP)CCC12CCCC2. The van der Waals surface area contributed by atoms with Gasteiger partial charge in [-0.1, -0.05) is 35.0 Å². The van der Waals surface area contributed by atoms with E-state index in [1.807, 2.05) is 0 Å². The van der Waals surface area contributed by atoms with E-state index in [1.165, 1.54) is 19.3 Å². The first kappa shape index (κ1) is 12.2. The minimum atomic E-state index is 0.246. The molecule has 2 fully saturated rings. The molecule has 0 nitrogen and oxygen atoms in total. The van der Waals surface area contributed by atoms with Crippen LogP contribution in [0.4, 0.5) is 0 Å². The van der Waals surface area contributed by atoms with Crippen molar-refractivity contribution in [3.8, 4) is 0 Å². The van der Waals surface area contributed by atoms with Crippen molar-refractivity contribution in [2.45, 2.75) is 51.1 Å². The summed E-state index contributed by atoms with van der Waals surface area (Å²) in [7, 11) is 7.46. The third-order valence-corrected chi connectivity index (χ3v) is 16.1. The summed E-state index contributed by atoms with van der Waals surface area (Å²) >= 11 is 0. The summed E-state index contributed by atoms with van der Waals surface area (Å²) in [5.74, 6) is 1.02. The van der Waals surface area contributed by atoms with Gasteiger partial charge < -0.3 is 0 Å². The van der Waals surface area contributed by atoms with E-state index in [4.69, 9.17) is 0 Å². The number of hydrogen-bond donors (Lipinski definition) is 0. The third-order valence-electron chi connectivity index (χ3n) is 4.59. The maximum atomic E-state index is 3.15. The standard InChI is InChI=1S/C10H22P4/c1-8-9(14(12)13-11)4-7-10(8)5-2-3-6-10/h8-9,13H,2-7,11-12H2,1H3/t8-,9-,14?/m0/s1. The van der Waals surface area contributed by atoms with Crippen LogP contribution >= 0.6 is 33.1 Å². The smallest absolute Gasteiger partial charge is 0.0105 e. The molecule has 2 aliphatic carbocycles. The molecule has 0 heterocycles. The maximum absolute atomic E-state index is 3.15. The van der Waals surface area contributed by atoms with Crippen molar-refractivity contribution in [2.75, 3.05) is 0 Å². The zero-order chi connectivity index (χ0) is 10.2. The molecule has 82 valence electrons. The molecule has 0 saturated heterocycles. The quantitative estimate of drug-likeness (QED) is 0.617. The summed E-state index contributed by atoms with van der Waals surface area (Å²) in [4.78, 5) is 0. The van der Waals surface area contributed by atoms with Crippen molar-refractivity contribution >= 4 is 33.1 Å². The highest BCUT2D eigenvalue weighted by molar-refractivity contribution is 8.61. The van der Waals surface area contributed by atoms with E-state index in [0.29, 0.717) is 0 Å². The topological polar surface area (TPSA) is 0 Å². The highest BCUT2D eigenvalue weighted by Crippen LogP contribution is 2.75. The van der Waals surface area contributed by atoms with Crippen LogP contribution in [0, 0.1) is 11.3 Å². The van der Waals surface area contributed by atoms with E-state index < -0.39 is 0 Å². The van der Waals surface area contributed by atoms with Crippen LogP contribution in [0.15, 0.2) is 0 Å². The van der Waals surface area contributed by atoms with E-state index in [1.54, 1.807) is 19.3 Å². The van der Waals surface area contributed by atoms with E-state index in [-0.39, 0.29) is 7.30 Å². The molecule has 2 rings (SSSR count). The summed E-state index contributed by atoms with van der Waals surface area (Å²) in [5.41, 5.74) is 1.86. The van der Waals surface area contributed by atoms with Gasteiger partial charge in [0.2, 0.25) is 0 Å². The second-order valence-electron chi connectivity index (χ2n) is 5.00. The molecule has 2 aliphatic rings. The molecule has 4 unspecified atom stereocenters. The predicted molar refractivity (Wildman–Crippen MR) is 77.7 cm³/mol. The Balaban J connectivity index is 2.06. The Kier molecular flexibility index (Phi) is 4.29. The van der Waals surface area contributed by atoms with Crippen LogP contribution in [0.2, 0.25) is 0 Å². The Morgan fingerprint density at radius 2 is 1.93 bits per heavy atom. The molecule has 0 amide bonds. The van der Waals surface area contributed by atoms with Crippen LogP contribution in [-0.4, -0.2) is 5.66 Å². The van der Waals surface area contributed by atoms with E-state index in [9.17, 15) is 0 Å². The van der Waals surface area contributed by atoms with Crippen molar-refractivity contribution < 1.29 is 0 Å². The molecule has 6 atom stereocenters. The molecule has 0 bridgehead atoms. The van der Waals surface area contributed by atoms with Gasteiger partial charge in [0.05, 0.1) is 0 Å². The fourth-order valence-corrected chi connectivity index (χ4v) is 9.56. The fraction of sp³-hybridized carbons (Fsp3) is 1.00. The molecule has 0 aromatic carbocycles. The molecule has 0 radical (unpaired) electrons. The minimum Gasteiger partial charge on any atom is -0.110 e. The van der Waals surface area contributed by atoms with Crippen molar-refractivity contribution in [1.82, 2.24) is 0 Å². The lowest BCUT2D eigenvalue weighted by Gasteiger charge is -2.33. The van der Waals surface area contributed by atoms with Crippen LogP contribution in [-0.2, 0) is 0 Å². The lowest BCUT2D eigenvalue weighted by atomic mass is 9.77. The second kappa shape index (κ2) is 4.92. The van der Waals surface area contributed by atoms with Gasteiger partial charge >= 0.3 is 0 Å². The van der Waals surface area contributed by atoms with Crippen molar-refractivity contribution in [1.29, 1.82) is 0 Å². The second-order valence-corrected chi connectivity index (χ2v) is 14.6. The first-order chi connectivity index (χ1) is 6.69. The highest BCUT2D eigenvalue weighted by Gasteiger charge is 2.48. The van der Waals surface area contributed by atoms with Crippen molar-refractivity contribution in [3.05, 3.63) is 0 Å². The third kappa shape index (κ3) is 2.07. The highest BCUT2D eigenvalue weighted by atomic mass is 32.6. The Labute approximate surface area is 95.8 Å². The largest absolute Gasteiger partial charge is 0.110 e. The first-order valence-corrected chi connectivity index (χ1v) is 12.4. The van der Waals surface area contributed by atoms with Gasteiger partial charge in [-0.05, 0) is 42.7 Å². The zero-order valence-electron chi connectivity index (χ0n) is 9.00. The maximum Gasteiger partial charge on any atom is -0.0105 e. The Morgan fingerprint density at radius 3 is 2.50 bits per heavy atom. The molecule has 0 aromatic heterocycles. The van der Waals surface area contributed by atoms with Crippen LogP contribution in [0.5, 0.6) is 0 Å². The van der Waals surface area contributed by atoms with Gasteiger partial charge in [0.15, 0.2) is 0 Å². The minimum absolute atomic E-state index is 0.246. The molecule has 1 spiro atoms. The van der Waals surface area contributed by atoms with Gasteiger partial charge in [-0.2, -0.15) is 0 Å². The molecule has 14 heavy (non-hydrogen) atoms. The number of hydrogen-bond acceptors (Lipinski definition) is 0. The Bertz CT molecular complexity index is 200. The monoisotopic (exact) mass is 266 g/mol. The first-order valence-electron chi connectivity index (χ1n) is 5.70. The predicted octanol–water partition coefficient (Wildman–Crippen LogP) is 5.00. The van der Waals surface area contributed by atoms with Crippen LogP contribution in [0.1, 0.15) is 45.4 Å². The Hall–Kier alpha value is 1.72. The van der Waals surface area contributed by atoms with E-state index in [2.05, 4.69) is 24.8 Å². The lowest BCUT2D eigenvalue weighted by molar-refractivity contribution is 0.226. The Morgan fingerprint density at radius 1 is 1.29 bits per heavy atom. The molecule has 0 aromatic rings. The summed E-state index contributed by atoms with van der Waals surface area (Å²) < 4.78 is 0. The van der Waals surface area contributed by atoms with Crippen molar-refractivity contribution in [3.63, 3.8) is 0 Å². The summed E-state index contributed by atoms with van der Waals surface area (Å²) in [6.45, 7) is 2.55. The lowest BCUT2D eigenvalue weighted by Crippen LogP contribution is -2.23. The van der Waals surface area contributed by atoms with Crippen molar-refractivity contribution in [2.24, 2.45) is 11.3 Å². The zero-order valence-corrected chi connectivity index (χ0v) is 13.2. The molecule has 0 N–H and O–H groups in total. The summed E-state index contributed by atoms with van der Waals surface area (Å²) in [5, 5.41) is 0. The summed E-state index contributed by atoms with van der Waals surface area (Å²) in [6, 6.07) is 0. The molecular weight excluding hydrogens is 244 g/mol. The summed E-state index contributed by atoms with van der Waals surface area (Å²) in [6.07, 6.45) is 9.17. The molecular formula is C10H22P4. The average Bonchev–Trinajstić information content (AvgIpc) is 2.78. The van der Waals surface area contributed by atoms with Crippen LogP contribution in [0.25, 0.3) is 0 Å². The normalized spacial score (nSPS) is 38.8. The van der Waals surface area contributed by atoms with E-state index >= 15 is 0 Å². The van der Waals surface area contributed by atoms with Gasteiger partial charge in [0.1, 0.15) is 0 Å². The van der Waals surface area contributed by atoms with Gasteiger partial charge in [-0.3, -0.25) is 0 Å². The number of rotatable bonds is 2.